The van der Waals surface area contributed by atoms with E-state index in [9.17, 15) is 0 Å². The zero-order chi connectivity index (χ0) is 17.1. The van der Waals surface area contributed by atoms with Gasteiger partial charge in [0.1, 0.15) is 6.10 Å². The van der Waals surface area contributed by atoms with E-state index < -0.39 is 0 Å². The molecule has 130 valence electrons. The molecule has 0 aliphatic rings. The number of guanidine groups is 1. The van der Waals surface area contributed by atoms with Crippen LogP contribution in [0, 0.1) is 0 Å². The van der Waals surface area contributed by atoms with E-state index in [2.05, 4.69) is 34.6 Å². The molecule has 0 saturated carbocycles. The van der Waals surface area contributed by atoms with Gasteiger partial charge in [-0.3, -0.25) is 4.99 Å². The van der Waals surface area contributed by atoms with E-state index >= 15 is 0 Å². The van der Waals surface area contributed by atoms with Crippen molar-refractivity contribution in [3.8, 4) is 11.5 Å². The molecule has 0 radical (unpaired) electrons. The molecule has 1 unspecified atom stereocenters. The Balaban J connectivity index is 2.34. The maximum Gasteiger partial charge on any atom is 0.191 e. The summed E-state index contributed by atoms with van der Waals surface area (Å²) in [4.78, 5) is 6.39. The predicted molar refractivity (Wildman–Crippen MR) is 95.6 cm³/mol. The first-order valence-corrected chi connectivity index (χ1v) is 7.95. The SMILES string of the molecule is CN=C(NCCCN(C)C)NCC(C)Oc1ccccc1OC. The zero-order valence-electron chi connectivity index (χ0n) is 14.9. The van der Waals surface area contributed by atoms with Gasteiger partial charge >= 0.3 is 0 Å². The molecular weight excluding hydrogens is 292 g/mol. The van der Waals surface area contributed by atoms with Crippen LogP contribution in [0.4, 0.5) is 0 Å². The van der Waals surface area contributed by atoms with E-state index in [0.29, 0.717) is 6.54 Å². The van der Waals surface area contributed by atoms with E-state index in [0.717, 1.165) is 37.0 Å². The Labute approximate surface area is 139 Å². The topological polar surface area (TPSA) is 58.1 Å². The second-order valence-corrected chi connectivity index (χ2v) is 5.62. The highest BCUT2D eigenvalue weighted by Crippen LogP contribution is 2.26. The first kappa shape index (κ1) is 19.1. The number of aliphatic imine (C=N–C) groups is 1. The minimum absolute atomic E-state index is 0.00775. The van der Waals surface area contributed by atoms with E-state index in [-0.39, 0.29) is 6.10 Å². The molecular formula is C17H30N4O2. The molecule has 1 aromatic carbocycles. The van der Waals surface area contributed by atoms with Crippen LogP contribution in [0.25, 0.3) is 0 Å². The standard InChI is InChI=1S/C17H30N4O2/c1-14(23-16-10-7-6-9-15(16)22-5)13-20-17(18-2)19-11-8-12-21(3)4/h6-7,9-10,14H,8,11-13H2,1-5H3,(H2,18,19,20). The molecule has 0 spiro atoms. The zero-order valence-corrected chi connectivity index (χ0v) is 14.9. The van der Waals surface area contributed by atoms with Gasteiger partial charge in [0.25, 0.3) is 0 Å². The smallest absolute Gasteiger partial charge is 0.191 e. The van der Waals surface area contributed by atoms with Gasteiger partial charge in [-0.05, 0) is 46.1 Å². The maximum absolute atomic E-state index is 5.91. The monoisotopic (exact) mass is 322 g/mol. The average molecular weight is 322 g/mol. The summed E-state index contributed by atoms with van der Waals surface area (Å²) >= 11 is 0. The largest absolute Gasteiger partial charge is 0.493 e. The summed E-state index contributed by atoms with van der Waals surface area (Å²) in [6.07, 6.45) is 1.06. The lowest BCUT2D eigenvalue weighted by molar-refractivity contribution is 0.213. The number of hydrogen-bond acceptors (Lipinski definition) is 4. The molecule has 2 N–H and O–H groups in total. The number of ether oxygens (including phenoxy) is 2. The maximum atomic E-state index is 5.91. The third kappa shape index (κ3) is 7.74. The van der Waals surface area contributed by atoms with Crippen LogP contribution in [0.2, 0.25) is 0 Å². The summed E-state index contributed by atoms with van der Waals surface area (Å²) in [6, 6.07) is 7.65. The van der Waals surface area contributed by atoms with Crippen molar-refractivity contribution in [3.05, 3.63) is 24.3 Å². The van der Waals surface area contributed by atoms with Crippen molar-refractivity contribution in [1.82, 2.24) is 15.5 Å². The van der Waals surface area contributed by atoms with Crippen LogP contribution in [-0.4, -0.2) is 64.9 Å². The van der Waals surface area contributed by atoms with Gasteiger partial charge in [0.05, 0.1) is 13.7 Å². The number of hydrogen-bond donors (Lipinski definition) is 2. The molecule has 0 amide bonds. The summed E-state index contributed by atoms with van der Waals surface area (Å²) in [5, 5.41) is 6.57. The fourth-order valence-corrected chi connectivity index (χ4v) is 2.04. The van der Waals surface area contributed by atoms with Gasteiger partial charge in [-0.25, -0.2) is 0 Å². The highest BCUT2D eigenvalue weighted by molar-refractivity contribution is 5.79. The Morgan fingerprint density at radius 2 is 1.91 bits per heavy atom. The molecule has 1 aromatic rings. The van der Waals surface area contributed by atoms with Gasteiger partial charge in [-0.1, -0.05) is 12.1 Å². The van der Waals surface area contributed by atoms with Crippen molar-refractivity contribution < 1.29 is 9.47 Å². The summed E-state index contributed by atoms with van der Waals surface area (Å²) in [6.45, 7) is 4.61. The molecule has 23 heavy (non-hydrogen) atoms. The highest BCUT2D eigenvalue weighted by atomic mass is 16.5. The van der Waals surface area contributed by atoms with Crippen LogP contribution in [0.5, 0.6) is 11.5 Å². The molecule has 0 saturated heterocycles. The van der Waals surface area contributed by atoms with Crippen LogP contribution in [0.3, 0.4) is 0 Å². The number of nitrogens with one attached hydrogen (secondary N) is 2. The first-order valence-electron chi connectivity index (χ1n) is 7.95. The molecule has 0 aromatic heterocycles. The Kier molecular flexibility index (Phi) is 8.90. The van der Waals surface area contributed by atoms with Gasteiger partial charge in [0.2, 0.25) is 0 Å². The second-order valence-electron chi connectivity index (χ2n) is 5.62. The predicted octanol–water partition coefficient (Wildman–Crippen LogP) is 1.58. The Bertz CT molecular complexity index is 477. The van der Waals surface area contributed by atoms with Crippen molar-refractivity contribution >= 4 is 5.96 Å². The Morgan fingerprint density at radius 1 is 1.22 bits per heavy atom. The van der Waals surface area contributed by atoms with Gasteiger partial charge in [0.15, 0.2) is 17.5 Å². The summed E-state index contributed by atoms with van der Waals surface area (Å²) in [5.74, 6) is 2.28. The number of nitrogens with zero attached hydrogens (tertiary/aromatic N) is 2. The van der Waals surface area contributed by atoms with Crippen LogP contribution >= 0.6 is 0 Å². The van der Waals surface area contributed by atoms with Crippen molar-refractivity contribution in [2.24, 2.45) is 4.99 Å². The van der Waals surface area contributed by atoms with E-state index in [4.69, 9.17) is 9.47 Å². The lowest BCUT2D eigenvalue weighted by Gasteiger charge is -2.19. The van der Waals surface area contributed by atoms with Crippen molar-refractivity contribution in [2.45, 2.75) is 19.4 Å². The van der Waals surface area contributed by atoms with Gasteiger partial charge in [-0.15, -0.1) is 0 Å². The van der Waals surface area contributed by atoms with Gasteiger partial charge in [0, 0.05) is 13.6 Å². The van der Waals surface area contributed by atoms with Crippen LogP contribution < -0.4 is 20.1 Å². The molecule has 0 fully saturated rings. The summed E-state index contributed by atoms with van der Waals surface area (Å²) in [5.41, 5.74) is 0. The van der Waals surface area contributed by atoms with Crippen LogP contribution in [0.15, 0.2) is 29.3 Å². The molecule has 0 bridgehead atoms. The number of rotatable bonds is 9. The van der Waals surface area contributed by atoms with Crippen LogP contribution in [0.1, 0.15) is 13.3 Å². The third-order valence-electron chi connectivity index (χ3n) is 3.25. The Morgan fingerprint density at radius 3 is 2.52 bits per heavy atom. The number of para-hydroxylation sites is 2. The molecule has 6 nitrogen and oxygen atoms in total. The minimum Gasteiger partial charge on any atom is -0.493 e. The third-order valence-corrected chi connectivity index (χ3v) is 3.25. The quantitative estimate of drug-likeness (QED) is 0.411. The van der Waals surface area contributed by atoms with Crippen molar-refractivity contribution in [1.29, 1.82) is 0 Å². The average Bonchev–Trinajstić information content (AvgIpc) is 2.54. The van der Waals surface area contributed by atoms with E-state index in [1.54, 1.807) is 14.2 Å². The molecule has 0 aliphatic heterocycles. The summed E-state index contributed by atoms with van der Waals surface area (Å²) < 4.78 is 11.2. The highest BCUT2D eigenvalue weighted by Gasteiger charge is 2.09. The lowest BCUT2D eigenvalue weighted by atomic mass is 10.3. The number of methoxy groups -OCH3 is 1. The molecule has 0 heterocycles. The molecule has 6 heteroatoms. The van der Waals surface area contributed by atoms with E-state index in [1.807, 2.05) is 31.2 Å². The Hall–Kier alpha value is -1.95. The molecule has 1 atom stereocenters. The summed E-state index contributed by atoms with van der Waals surface area (Å²) in [7, 11) is 7.56. The van der Waals surface area contributed by atoms with Gasteiger partial charge < -0.3 is 25.0 Å². The minimum atomic E-state index is -0.00775. The van der Waals surface area contributed by atoms with Crippen LogP contribution in [-0.2, 0) is 0 Å². The molecule has 0 aliphatic carbocycles. The lowest BCUT2D eigenvalue weighted by Crippen LogP contribution is -2.42. The normalized spacial score (nSPS) is 12.9. The first-order chi connectivity index (χ1) is 11.1. The van der Waals surface area contributed by atoms with Crippen molar-refractivity contribution in [3.63, 3.8) is 0 Å². The number of benzene rings is 1. The fraction of sp³-hybridized carbons (Fsp3) is 0.588. The van der Waals surface area contributed by atoms with E-state index in [1.165, 1.54) is 0 Å². The molecule has 1 rings (SSSR count). The van der Waals surface area contributed by atoms with Gasteiger partial charge in [-0.2, -0.15) is 0 Å². The fourth-order valence-electron chi connectivity index (χ4n) is 2.04. The second kappa shape index (κ2) is 10.7. The van der Waals surface area contributed by atoms with Crippen molar-refractivity contribution in [2.75, 3.05) is 47.9 Å².